The molecule has 1 fully saturated rings. The number of hydrogen-bond acceptors (Lipinski definition) is 4. The summed E-state index contributed by atoms with van der Waals surface area (Å²) in [7, 11) is 0. The summed E-state index contributed by atoms with van der Waals surface area (Å²) >= 11 is 0. The van der Waals surface area contributed by atoms with Gasteiger partial charge in [0.2, 0.25) is 0 Å². The molecule has 0 spiro atoms. The van der Waals surface area contributed by atoms with Gasteiger partial charge in [0.1, 0.15) is 12.0 Å². The van der Waals surface area contributed by atoms with Gasteiger partial charge in [0.05, 0.1) is 0 Å². The zero-order valence-corrected chi connectivity index (χ0v) is 13.2. The highest BCUT2D eigenvalue weighted by atomic mass is 16.3. The molecule has 0 radical (unpaired) electrons. The zero-order chi connectivity index (χ0) is 15.2. The van der Waals surface area contributed by atoms with Crippen molar-refractivity contribution in [1.29, 1.82) is 0 Å². The van der Waals surface area contributed by atoms with Crippen molar-refractivity contribution in [2.75, 3.05) is 31.1 Å². The maximum absolute atomic E-state index is 10.4. The van der Waals surface area contributed by atoms with E-state index in [0.717, 1.165) is 37.6 Å². The number of aliphatic hydroxyl groups is 1. The van der Waals surface area contributed by atoms with E-state index in [1.807, 2.05) is 43.5 Å². The highest BCUT2D eigenvalue weighted by Gasteiger charge is 2.23. The molecular formula is C17H25N3O. The molecule has 4 nitrogen and oxygen atoms in total. The molecule has 0 saturated carbocycles. The molecule has 1 aromatic heterocycles. The van der Waals surface area contributed by atoms with Crippen LogP contribution in [-0.2, 0) is 0 Å². The first-order valence-corrected chi connectivity index (χ1v) is 7.47. The molecule has 1 atom stereocenters. The lowest BCUT2D eigenvalue weighted by atomic mass is 10.1. The molecule has 1 saturated heterocycles. The minimum absolute atomic E-state index is 0.494. The Labute approximate surface area is 127 Å². The van der Waals surface area contributed by atoms with Gasteiger partial charge in [-0.3, -0.25) is 4.90 Å². The van der Waals surface area contributed by atoms with Gasteiger partial charge in [-0.25, -0.2) is 4.98 Å². The van der Waals surface area contributed by atoms with E-state index in [-0.39, 0.29) is 0 Å². The third kappa shape index (κ3) is 4.41. The molecular weight excluding hydrogens is 262 g/mol. The molecule has 1 aromatic rings. The SMILES string of the molecule is CC(C)=C/C=C(\C)C(O)N1CCN(c2ccccn2)CC1. The monoisotopic (exact) mass is 287 g/mol. The van der Waals surface area contributed by atoms with Crippen LogP contribution in [0, 0.1) is 0 Å². The molecule has 1 aliphatic rings. The Balaban J connectivity index is 1.92. The summed E-state index contributed by atoms with van der Waals surface area (Å²) in [6.07, 6.45) is 5.38. The van der Waals surface area contributed by atoms with Crippen LogP contribution in [0.4, 0.5) is 5.82 Å². The molecule has 114 valence electrons. The lowest BCUT2D eigenvalue weighted by Crippen LogP contribution is -2.51. The van der Waals surface area contributed by atoms with Gasteiger partial charge in [-0.15, -0.1) is 0 Å². The second kappa shape index (κ2) is 7.38. The predicted octanol–water partition coefficient (Wildman–Crippen LogP) is 2.43. The maximum atomic E-state index is 10.4. The topological polar surface area (TPSA) is 39.6 Å². The van der Waals surface area contributed by atoms with Gasteiger partial charge >= 0.3 is 0 Å². The summed E-state index contributed by atoms with van der Waals surface area (Å²) in [5, 5.41) is 10.4. The largest absolute Gasteiger partial charge is 0.374 e. The van der Waals surface area contributed by atoms with Gasteiger partial charge in [-0.1, -0.05) is 23.8 Å². The van der Waals surface area contributed by atoms with Crippen molar-refractivity contribution in [3.63, 3.8) is 0 Å². The van der Waals surface area contributed by atoms with Crippen LogP contribution in [0.25, 0.3) is 0 Å². The second-order valence-corrected chi connectivity index (χ2v) is 5.74. The molecule has 1 aliphatic heterocycles. The molecule has 1 unspecified atom stereocenters. The van der Waals surface area contributed by atoms with Crippen LogP contribution >= 0.6 is 0 Å². The molecule has 2 rings (SSSR count). The molecule has 1 N–H and O–H groups in total. The van der Waals surface area contributed by atoms with Gasteiger partial charge < -0.3 is 10.0 Å². The highest BCUT2D eigenvalue weighted by molar-refractivity contribution is 5.38. The summed E-state index contributed by atoms with van der Waals surface area (Å²) < 4.78 is 0. The van der Waals surface area contributed by atoms with Crippen molar-refractivity contribution in [2.24, 2.45) is 0 Å². The van der Waals surface area contributed by atoms with E-state index in [0.29, 0.717) is 0 Å². The summed E-state index contributed by atoms with van der Waals surface area (Å²) in [6, 6.07) is 5.98. The van der Waals surface area contributed by atoms with Crippen molar-refractivity contribution >= 4 is 5.82 Å². The summed E-state index contributed by atoms with van der Waals surface area (Å²) in [4.78, 5) is 8.76. The number of nitrogens with zero attached hydrogens (tertiary/aromatic N) is 3. The fraction of sp³-hybridized carbons (Fsp3) is 0.471. The van der Waals surface area contributed by atoms with Gasteiger partial charge in [-0.2, -0.15) is 0 Å². The zero-order valence-electron chi connectivity index (χ0n) is 13.2. The fourth-order valence-corrected chi connectivity index (χ4v) is 2.41. The smallest absolute Gasteiger partial charge is 0.129 e. The summed E-state index contributed by atoms with van der Waals surface area (Å²) in [6.45, 7) is 9.57. The Morgan fingerprint density at radius 1 is 1.14 bits per heavy atom. The van der Waals surface area contributed by atoms with Gasteiger partial charge in [0, 0.05) is 32.4 Å². The van der Waals surface area contributed by atoms with Gasteiger partial charge in [0.15, 0.2) is 0 Å². The number of pyridine rings is 1. The molecule has 0 aromatic carbocycles. The van der Waals surface area contributed by atoms with E-state index in [4.69, 9.17) is 0 Å². The van der Waals surface area contributed by atoms with Gasteiger partial charge in [0.25, 0.3) is 0 Å². The quantitative estimate of drug-likeness (QED) is 0.863. The standard InChI is InChI=1S/C17H25N3O/c1-14(2)7-8-15(3)17(21)20-12-10-19(11-13-20)16-6-4-5-9-18-16/h4-9,17,21H,10-13H2,1-3H3/b15-8+. The van der Waals surface area contributed by atoms with Crippen LogP contribution in [0.5, 0.6) is 0 Å². The first-order valence-electron chi connectivity index (χ1n) is 7.47. The Hall–Kier alpha value is -1.65. The highest BCUT2D eigenvalue weighted by Crippen LogP contribution is 2.16. The van der Waals surface area contributed by atoms with Crippen LogP contribution in [0.1, 0.15) is 20.8 Å². The van der Waals surface area contributed by atoms with Crippen LogP contribution < -0.4 is 4.90 Å². The number of aliphatic hydroxyl groups excluding tert-OH is 1. The lowest BCUT2D eigenvalue weighted by molar-refractivity contribution is 0.0287. The fourth-order valence-electron chi connectivity index (χ4n) is 2.41. The van der Waals surface area contributed by atoms with E-state index in [1.165, 1.54) is 5.57 Å². The normalized spacial score (nSPS) is 18.5. The Morgan fingerprint density at radius 2 is 1.86 bits per heavy atom. The molecule has 0 aliphatic carbocycles. The number of rotatable bonds is 4. The van der Waals surface area contributed by atoms with Crippen molar-refractivity contribution < 1.29 is 5.11 Å². The second-order valence-electron chi connectivity index (χ2n) is 5.74. The van der Waals surface area contributed by atoms with E-state index in [9.17, 15) is 5.11 Å². The number of piperazine rings is 1. The average molecular weight is 287 g/mol. The van der Waals surface area contributed by atoms with Gasteiger partial charge in [-0.05, 0) is 38.5 Å². The van der Waals surface area contributed by atoms with E-state index >= 15 is 0 Å². The maximum Gasteiger partial charge on any atom is 0.129 e. The third-order valence-electron chi connectivity index (χ3n) is 3.72. The van der Waals surface area contributed by atoms with Crippen LogP contribution in [0.15, 0.2) is 47.7 Å². The minimum Gasteiger partial charge on any atom is -0.374 e. The van der Waals surface area contributed by atoms with Crippen LogP contribution in [0.2, 0.25) is 0 Å². The molecule has 21 heavy (non-hydrogen) atoms. The van der Waals surface area contributed by atoms with Crippen molar-refractivity contribution in [1.82, 2.24) is 9.88 Å². The molecule has 4 heteroatoms. The average Bonchev–Trinajstić information content (AvgIpc) is 2.53. The summed E-state index contributed by atoms with van der Waals surface area (Å²) in [5.74, 6) is 1.02. The first kappa shape index (κ1) is 15.7. The summed E-state index contributed by atoms with van der Waals surface area (Å²) in [5.41, 5.74) is 2.23. The molecule has 2 heterocycles. The third-order valence-corrected chi connectivity index (χ3v) is 3.72. The number of anilines is 1. The Morgan fingerprint density at radius 3 is 2.43 bits per heavy atom. The minimum atomic E-state index is -0.494. The van der Waals surface area contributed by atoms with Crippen LogP contribution in [0.3, 0.4) is 0 Å². The van der Waals surface area contributed by atoms with E-state index < -0.39 is 6.23 Å². The van der Waals surface area contributed by atoms with Crippen molar-refractivity contribution in [3.8, 4) is 0 Å². The lowest BCUT2D eigenvalue weighted by Gasteiger charge is -2.38. The first-order chi connectivity index (χ1) is 10.1. The van der Waals surface area contributed by atoms with Crippen molar-refractivity contribution in [3.05, 3.63) is 47.7 Å². The Kier molecular flexibility index (Phi) is 5.53. The van der Waals surface area contributed by atoms with E-state index in [2.05, 4.69) is 28.6 Å². The number of aromatic nitrogens is 1. The molecule has 0 bridgehead atoms. The number of allylic oxidation sites excluding steroid dienone is 3. The Bertz CT molecular complexity index is 498. The molecule has 0 amide bonds. The van der Waals surface area contributed by atoms with E-state index in [1.54, 1.807) is 0 Å². The number of hydrogen-bond donors (Lipinski definition) is 1. The van der Waals surface area contributed by atoms with Crippen molar-refractivity contribution in [2.45, 2.75) is 27.0 Å². The van der Waals surface area contributed by atoms with Crippen LogP contribution in [-0.4, -0.2) is 47.4 Å². The predicted molar refractivity (Wildman–Crippen MR) is 87.2 cm³/mol.